The summed E-state index contributed by atoms with van der Waals surface area (Å²) in [5.74, 6) is 0.473. The number of rotatable bonds is 2. The molecule has 3 heterocycles. The fourth-order valence-corrected chi connectivity index (χ4v) is 3.21. The van der Waals surface area contributed by atoms with Crippen molar-refractivity contribution in [3.05, 3.63) is 24.0 Å². The van der Waals surface area contributed by atoms with Crippen molar-refractivity contribution in [1.82, 2.24) is 24.6 Å². The van der Waals surface area contributed by atoms with E-state index in [-0.39, 0.29) is 11.9 Å². The van der Waals surface area contributed by atoms with Crippen LogP contribution < -0.4 is 4.90 Å². The van der Waals surface area contributed by atoms with Gasteiger partial charge in [0.2, 0.25) is 5.82 Å². The highest BCUT2D eigenvalue weighted by Crippen LogP contribution is 2.24. The fraction of sp³-hybridized carbons (Fsp3) is 0.474. The van der Waals surface area contributed by atoms with Crippen LogP contribution in [0.25, 0.3) is 22.7 Å². The summed E-state index contributed by atoms with van der Waals surface area (Å²) >= 11 is 0. The summed E-state index contributed by atoms with van der Waals surface area (Å²) in [5.41, 5.74) is 0.781. The molecule has 0 radical (unpaired) electrons. The summed E-state index contributed by atoms with van der Waals surface area (Å²) in [4.78, 5) is 24.6. The summed E-state index contributed by atoms with van der Waals surface area (Å²) in [6.07, 6.45) is -0.324. The van der Waals surface area contributed by atoms with Gasteiger partial charge in [-0.05, 0) is 32.9 Å². The van der Waals surface area contributed by atoms with Gasteiger partial charge in [-0.3, -0.25) is 0 Å². The average molecular weight is 402 g/mol. The van der Waals surface area contributed by atoms with E-state index in [4.69, 9.17) is 9.26 Å². The lowest BCUT2D eigenvalue weighted by molar-refractivity contribution is 0.0238. The summed E-state index contributed by atoms with van der Waals surface area (Å²) in [6.45, 7) is 7.63. The van der Waals surface area contributed by atoms with Crippen LogP contribution >= 0.6 is 0 Å². The second-order valence-corrected chi connectivity index (χ2v) is 7.98. The van der Waals surface area contributed by atoms with Crippen molar-refractivity contribution in [2.24, 2.45) is 7.05 Å². The lowest BCUT2D eigenvalue weighted by Crippen LogP contribution is -2.50. The number of hydrogen-bond donors (Lipinski definition) is 0. The van der Waals surface area contributed by atoms with E-state index < -0.39 is 5.60 Å². The molecule has 0 saturated carbocycles. The zero-order valence-corrected chi connectivity index (χ0v) is 16.8. The molecule has 1 amide bonds. The van der Waals surface area contributed by atoms with Gasteiger partial charge in [-0.25, -0.2) is 14.2 Å². The molecule has 0 atom stereocenters. The van der Waals surface area contributed by atoms with Gasteiger partial charge in [0.25, 0.3) is 0 Å². The number of fused-ring (bicyclic) bond motifs is 1. The number of anilines is 1. The number of amides is 1. The number of hydrogen-bond acceptors (Lipinski definition) is 7. The number of aromatic nitrogens is 4. The maximum atomic E-state index is 13.5. The van der Waals surface area contributed by atoms with Crippen LogP contribution in [0.3, 0.4) is 0 Å². The molecular weight excluding hydrogens is 379 g/mol. The SMILES string of the molecule is Cn1c(-c2noc(N3CCN(C(=O)OC(C)(C)C)CC3)n2)nc2cc(F)ccc21. The fourth-order valence-electron chi connectivity index (χ4n) is 3.21. The Morgan fingerprint density at radius 1 is 1.17 bits per heavy atom. The molecule has 29 heavy (non-hydrogen) atoms. The topological polar surface area (TPSA) is 89.5 Å². The molecule has 1 aromatic carbocycles. The van der Waals surface area contributed by atoms with Gasteiger partial charge < -0.3 is 23.6 Å². The highest BCUT2D eigenvalue weighted by molar-refractivity contribution is 5.79. The van der Waals surface area contributed by atoms with Crippen molar-refractivity contribution in [3.8, 4) is 11.6 Å². The second kappa shape index (κ2) is 7.02. The highest BCUT2D eigenvalue weighted by atomic mass is 19.1. The Morgan fingerprint density at radius 3 is 2.59 bits per heavy atom. The molecule has 0 unspecified atom stereocenters. The molecule has 10 heteroatoms. The summed E-state index contributed by atoms with van der Waals surface area (Å²) in [6, 6.07) is 4.79. The first-order chi connectivity index (χ1) is 13.7. The predicted molar refractivity (Wildman–Crippen MR) is 104 cm³/mol. The van der Waals surface area contributed by atoms with Gasteiger partial charge in [0.15, 0.2) is 5.82 Å². The highest BCUT2D eigenvalue weighted by Gasteiger charge is 2.28. The van der Waals surface area contributed by atoms with Gasteiger partial charge in [0.05, 0.1) is 11.0 Å². The summed E-state index contributed by atoms with van der Waals surface area (Å²) in [5, 5.41) is 4.03. The minimum absolute atomic E-state index is 0.324. The van der Waals surface area contributed by atoms with Crippen molar-refractivity contribution in [2.45, 2.75) is 26.4 Å². The van der Waals surface area contributed by atoms with Crippen LogP contribution in [-0.4, -0.2) is 62.5 Å². The van der Waals surface area contributed by atoms with E-state index in [1.807, 2.05) is 32.7 Å². The Kier molecular flexibility index (Phi) is 4.64. The number of halogens is 1. The van der Waals surface area contributed by atoms with E-state index in [0.29, 0.717) is 49.4 Å². The van der Waals surface area contributed by atoms with Crippen molar-refractivity contribution in [1.29, 1.82) is 0 Å². The van der Waals surface area contributed by atoms with Gasteiger partial charge in [-0.15, -0.1) is 0 Å². The number of piperazine rings is 1. The van der Waals surface area contributed by atoms with Gasteiger partial charge in [-0.2, -0.15) is 4.98 Å². The van der Waals surface area contributed by atoms with Crippen LogP contribution in [0.4, 0.5) is 15.2 Å². The van der Waals surface area contributed by atoms with E-state index in [1.54, 1.807) is 15.5 Å². The third-order valence-corrected chi connectivity index (χ3v) is 4.66. The third kappa shape index (κ3) is 3.87. The van der Waals surface area contributed by atoms with E-state index in [2.05, 4.69) is 15.1 Å². The number of carbonyl (C=O) groups excluding carboxylic acids is 1. The van der Waals surface area contributed by atoms with Gasteiger partial charge in [0, 0.05) is 39.3 Å². The zero-order chi connectivity index (χ0) is 20.8. The van der Waals surface area contributed by atoms with Crippen LogP contribution in [-0.2, 0) is 11.8 Å². The molecule has 1 saturated heterocycles. The van der Waals surface area contributed by atoms with Crippen LogP contribution in [0.15, 0.2) is 22.7 Å². The molecule has 9 nitrogen and oxygen atoms in total. The first-order valence-corrected chi connectivity index (χ1v) is 9.40. The predicted octanol–water partition coefficient (Wildman–Crippen LogP) is 2.82. The first-order valence-electron chi connectivity index (χ1n) is 9.40. The summed E-state index contributed by atoms with van der Waals surface area (Å²) in [7, 11) is 1.82. The van der Waals surface area contributed by atoms with E-state index in [0.717, 1.165) is 5.52 Å². The normalized spacial score (nSPS) is 15.2. The number of carbonyl (C=O) groups is 1. The average Bonchev–Trinajstić information content (AvgIpc) is 3.25. The number of benzene rings is 1. The molecule has 1 aliphatic rings. The van der Waals surface area contributed by atoms with Gasteiger partial charge in [-0.1, -0.05) is 5.16 Å². The molecule has 2 aromatic heterocycles. The Labute approximate surface area is 167 Å². The van der Waals surface area contributed by atoms with Crippen LogP contribution in [0, 0.1) is 5.82 Å². The minimum Gasteiger partial charge on any atom is -0.444 e. The molecule has 154 valence electrons. The van der Waals surface area contributed by atoms with Crippen LogP contribution in [0.2, 0.25) is 0 Å². The molecule has 0 aliphatic carbocycles. The third-order valence-electron chi connectivity index (χ3n) is 4.66. The first kappa shape index (κ1) is 19.2. The Morgan fingerprint density at radius 2 is 1.90 bits per heavy atom. The molecule has 4 rings (SSSR count). The minimum atomic E-state index is -0.524. The maximum Gasteiger partial charge on any atom is 0.410 e. The zero-order valence-electron chi connectivity index (χ0n) is 16.8. The van der Waals surface area contributed by atoms with Crippen LogP contribution in [0.5, 0.6) is 0 Å². The van der Waals surface area contributed by atoms with Crippen molar-refractivity contribution < 1.29 is 18.4 Å². The maximum absolute atomic E-state index is 13.5. The molecule has 1 aliphatic heterocycles. The Balaban J connectivity index is 1.47. The van der Waals surface area contributed by atoms with Crippen molar-refractivity contribution in [2.75, 3.05) is 31.1 Å². The lowest BCUT2D eigenvalue weighted by Gasteiger charge is -2.34. The molecular formula is C19H23FN6O3. The quantitative estimate of drug-likeness (QED) is 0.651. The van der Waals surface area contributed by atoms with Gasteiger partial charge in [0.1, 0.15) is 11.4 Å². The molecule has 0 bridgehead atoms. The van der Waals surface area contributed by atoms with Crippen LogP contribution in [0.1, 0.15) is 20.8 Å². The van der Waals surface area contributed by atoms with E-state index in [9.17, 15) is 9.18 Å². The number of ether oxygens (including phenoxy) is 1. The Hall–Kier alpha value is -3.17. The number of imidazole rings is 1. The molecule has 0 spiro atoms. The monoisotopic (exact) mass is 402 g/mol. The molecule has 1 fully saturated rings. The van der Waals surface area contributed by atoms with E-state index in [1.165, 1.54) is 12.1 Å². The number of nitrogens with zero attached hydrogens (tertiary/aromatic N) is 6. The summed E-state index contributed by atoms with van der Waals surface area (Å²) < 4.78 is 26.1. The molecule has 0 N–H and O–H groups in total. The Bertz CT molecular complexity index is 1050. The van der Waals surface area contributed by atoms with Crippen molar-refractivity contribution >= 4 is 23.1 Å². The van der Waals surface area contributed by atoms with Gasteiger partial charge >= 0.3 is 12.1 Å². The smallest absolute Gasteiger partial charge is 0.410 e. The van der Waals surface area contributed by atoms with Crippen molar-refractivity contribution in [3.63, 3.8) is 0 Å². The van der Waals surface area contributed by atoms with E-state index >= 15 is 0 Å². The molecule has 3 aromatic rings. The standard InChI is InChI=1S/C19H23FN6O3/c1-19(2,3)28-18(27)26-9-7-25(8-10-26)17-22-15(23-29-17)16-21-13-11-12(20)5-6-14(13)24(16)4/h5-6,11H,7-10H2,1-4H3. The second-order valence-electron chi connectivity index (χ2n) is 7.98. The number of aryl methyl sites for hydroxylation is 1. The lowest BCUT2D eigenvalue weighted by atomic mass is 10.2. The largest absolute Gasteiger partial charge is 0.444 e.